The number of hydrogen-bond acceptors (Lipinski definition) is 8. The Labute approximate surface area is 232 Å². The summed E-state index contributed by atoms with van der Waals surface area (Å²) in [5.74, 6) is -0.621. The van der Waals surface area contributed by atoms with Crippen molar-refractivity contribution in [3.63, 3.8) is 0 Å². The van der Waals surface area contributed by atoms with Crippen LogP contribution in [0.3, 0.4) is 0 Å². The highest BCUT2D eigenvalue weighted by atomic mass is 32.1. The summed E-state index contributed by atoms with van der Waals surface area (Å²) in [7, 11) is 3.33. The minimum atomic E-state index is -0.603. The number of thiophene rings is 1. The van der Waals surface area contributed by atoms with Gasteiger partial charge in [0.1, 0.15) is 4.88 Å². The number of aliphatic hydroxyl groups excluding tert-OH is 2. The molecule has 214 valence electrons. The number of rotatable bonds is 10. The van der Waals surface area contributed by atoms with Crippen molar-refractivity contribution in [1.82, 2.24) is 10.2 Å². The number of benzene rings is 1. The predicted octanol–water partition coefficient (Wildman–Crippen LogP) is -0.0391. The molecule has 1 aromatic carbocycles. The van der Waals surface area contributed by atoms with E-state index >= 15 is 0 Å². The average molecular weight is 563 g/mol. The maximum Gasteiger partial charge on any atom is 0.279 e. The molecule has 1 aliphatic heterocycles. The van der Waals surface area contributed by atoms with Crippen molar-refractivity contribution in [3.05, 3.63) is 51.7 Å². The largest absolute Gasteiger partial charge is 0.554 e. The zero-order chi connectivity index (χ0) is 29.1. The van der Waals surface area contributed by atoms with Crippen LogP contribution in [0.25, 0.3) is 0 Å². The lowest BCUT2D eigenvalue weighted by Crippen LogP contribution is -2.62. The van der Waals surface area contributed by atoms with Gasteiger partial charge in [-0.2, -0.15) is 0 Å². The maximum absolute atomic E-state index is 13.3. The van der Waals surface area contributed by atoms with Crippen LogP contribution in [0.5, 0.6) is 0 Å². The zero-order valence-electron chi connectivity index (χ0n) is 22.6. The van der Waals surface area contributed by atoms with Gasteiger partial charge in [-0.3, -0.25) is 14.4 Å². The van der Waals surface area contributed by atoms with Crippen LogP contribution in [0.1, 0.15) is 33.6 Å². The first-order valence-electron chi connectivity index (χ1n) is 12.6. The van der Waals surface area contributed by atoms with Gasteiger partial charge in [0.15, 0.2) is 13.1 Å². The van der Waals surface area contributed by atoms with Crippen LogP contribution in [0.15, 0.2) is 35.7 Å². The Morgan fingerprint density at radius 3 is 2.18 bits per heavy atom. The molecule has 0 aliphatic carbocycles. The molecule has 1 fully saturated rings. The number of amides is 3. The topological polar surface area (TPSA) is 159 Å². The highest BCUT2D eigenvalue weighted by molar-refractivity contribution is 7.13. The van der Waals surface area contributed by atoms with E-state index in [2.05, 4.69) is 10.6 Å². The molecular weight excluding hydrogens is 524 g/mol. The van der Waals surface area contributed by atoms with E-state index in [1.807, 2.05) is 42.6 Å². The molecule has 1 aromatic heterocycles. The lowest BCUT2D eigenvalue weighted by atomic mass is 9.79. The summed E-state index contributed by atoms with van der Waals surface area (Å²) in [6.07, 6.45) is 1.00. The van der Waals surface area contributed by atoms with Crippen LogP contribution in [0.2, 0.25) is 0 Å². The Hall–Kier alpha value is -3.32. The van der Waals surface area contributed by atoms with Crippen LogP contribution in [0.4, 0.5) is 5.69 Å². The number of likely N-dealkylation sites (tertiary alicyclic amines) is 1. The molecule has 12 heteroatoms. The zero-order valence-corrected chi connectivity index (χ0v) is 23.5. The summed E-state index contributed by atoms with van der Waals surface area (Å²) in [6, 6.07) is 9.61. The summed E-state index contributed by atoms with van der Waals surface area (Å²) in [4.78, 5) is 49.0. The number of aryl methyl sites for hydroxylation is 1. The molecule has 11 nitrogen and oxygen atoms in total. The Balaban J connectivity index is 0.00000170. The summed E-state index contributed by atoms with van der Waals surface area (Å²) >= 11 is 1.29. The van der Waals surface area contributed by atoms with Crippen molar-refractivity contribution in [2.75, 3.05) is 58.8 Å². The lowest BCUT2D eigenvalue weighted by molar-refractivity contribution is -0.920. The predicted molar refractivity (Wildman–Crippen MR) is 146 cm³/mol. The quantitative estimate of drug-likeness (QED) is 0.234. The van der Waals surface area contributed by atoms with Gasteiger partial charge in [0, 0.05) is 45.4 Å². The Kier molecular flexibility index (Phi) is 12.0. The maximum atomic E-state index is 13.3. The summed E-state index contributed by atoms with van der Waals surface area (Å²) in [5.41, 5.74) is 1.70. The number of nitrogens with zero attached hydrogens (tertiary/aromatic N) is 2. The fourth-order valence-corrected chi connectivity index (χ4v) is 5.55. The molecule has 0 unspecified atom stereocenters. The van der Waals surface area contributed by atoms with E-state index in [1.165, 1.54) is 16.2 Å². The first-order chi connectivity index (χ1) is 18.5. The Morgan fingerprint density at radius 2 is 1.64 bits per heavy atom. The molecule has 0 bridgehead atoms. The Morgan fingerprint density at radius 1 is 1.08 bits per heavy atom. The Bertz CT molecular complexity index is 1110. The van der Waals surface area contributed by atoms with Crippen molar-refractivity contribution in [2.45, 2.75) is 26.3 Å². The van der Waals surface area contributed by atoms with Gasteiger partial charge in [0.25, 0.3) is 17.7 Å². The van der Waals surface area contributed by atoms with Crippen LogP contribution in [-0.2, 0) is 20.9 Å². The molecular formula is C27H38N4O7S. The number of hydrogen-bond donors (Lipinski definition) is 4. The second-order valence-corrected chi connectivity index (χ2v) is 11.0. The van der Waals surface area contributed by atoms with E-state index in [0.717, 1.165) is 11.1 Å². The van der Waals surface area contributed by atoms with E-state index in [9.17, 15) is 24.6 Å². The van der Waals surface area contributed by atoms with Gasteiger partial charge in [-0.25, -0.2) is 0 Å². The normalized spacial score (nSPS) is 15.3. The number of quaternary nitrogens is 1. The highest BCUT2D eigenvalue weighted by Gasteiger charge is 2.44. The van der Waals surface area contributed by atoms with Crippen molar-refractivity contribution < 1.29 is 39.0 Å². The number of carboxylic acid groups (broad SMARTS) is 1. The minimum absolute atomic E-state index is 0.0522. The third kappa shape index (κ3) is 8.85. The molecule has 0 spiro atoms. The molecule has 3 amide bonds. The fourth-order valence-electron chi connectivity index (χ4n) is 4.52. The van der Waals surface area contributed by atoms with Crippen LogP contribution in [0, 0.1) is 12.3 Å². The molecule has 1 saturated heterocycles. The molecule has 0 saturated carbocycles. The molecule has 0 atom stereocenters. The summed E-state index contributed by atoms with van der Waals surface area (Å²) < 4.78 is 0.217. The van der Waals surface area contributed by atoms with Gasteiger partial charge in [-0.1, -0.05) is 30.3 Å². The number of aliphatic hydroxyl groups is 2. The summed E-state index contributed by atoms with van der Waals surface area (Å²) in [5, 5.41) is 35.7. The van der Waals surface area contributed by atoms with Crippen LogP contribution in [-0.4, -0.2) is 97.3 Å². The van der Waals surface area contributed by atoms with Gasteiger partial charge in [-0.05, 0) is 23.4 Å². The second-order valence-electron chi connectivity index (χ2n) is 10.2. The monoisotopic (exact) mass is 562 g/mol. The lowest BCUT2D eigenvalue weighted by Gasteiger charge is -2.46. The highest BCUT2D eigenvalue weighted by Crippen LogP contribution is 2.34. The molecule has 0 radical (unpaired) electrons. The first kappa shape index (κ1) is 31.9. The molecule has 1 aliphatic rings. The van der Waals surface area contributed by atoms with Crippen molar-refractivity contribution >= 4 is 41.2 Å². The first-order valence-corrected chi connectivity index (χ1v) is 13.4. The molecule has 3 rings (SSSR count). The van der Waals surface area contributed by atoms with Crippen LogP contribution >= 0.6 is 11.3 Å². The van der Waals surface area contributed by atoms with Crippen LogP contribution < -0.4 is 15.7 Å². The van der Waals surface area contributed by atoms with E-state index < -0.39 is 11.9 Å². The van der Waals surface area contributed by atoms with E-state index in [1.54, 1.807) is 14.1 Å². The van der Waals surface area contributed by atoms with E-state index in [4.69, 9.17) is 9.90 Å². The van der Waals surface area contributed by atoms with Crippen molar-refractivity contribution in [3.8, 4) is 0 Å². The van der Waals surface area contributed by atoms with Gasteiger partial charge < -0.3 is 40.1 Å². The fraction of sp³-hybridized carbons (Fsp3) is 0.481. The van der Waals surface area contributed by atoms with Crippen molar-refractivity contribution in [2.24, 2.45) is 5.41 Å². The number of nitrogens with one attached hydrogen (secondary N) is 2. The smallest absolute Gasteiger partial charge is 0.279 e. The number of anilines is 1. The second kappa shape index (κ2) is 14.7. The van der Waals surface area contributed by atoms with Gasteiger partial charge >= 0.3 is 0 Å². The van der Waals surface area contributed by atoms with E-state index in [0.29, 0.717) is 43.0 Å². The molecule has 39 heavy (non-hydrogen) atoms. The minimum Gasteiger partial charge on any atom is -0.554 e. The molecule has 2 aromatic rings. The van der Waals surface area contributed by atoms with Crippen molar-refractivity contribution in [1.29, 1.82) is 0 Å². The van der Waals surface area contributed by atoms with Gasteiger partial charge in [0.05, 0.1) is 32.0 Å². The third-order valence-electron chi connectivity index (χ3n) is 7.03. The third-order valence-corrected chi connectivity index (χ3v) is 8.12. The average Bonchev–Trinajstić information content (AvgIpc) is 3.28. The van der Waals surface area contributed by atoms with E-state index in [-0.39, 0.29) is 48.5 Å². The SMILES string of the molecule is Cc1csc(C(=O)N(C)C)c1NC(=O)C[N+]1(CC(=O)NCc2ccccc2)CCC(CO)(CO)CC1.O=C[O-]. The number of carbonyl (C=O) groups is 4. The summed E-state index contributed by atoms with van der Waals surface area (Å²) in [6.45, 7) is 2.57. The number of piperidine rings is 1. The van der Waals surface area contributed by atoms with Gasteiger partial charge in [0.2, 0.25) is 0 Å². The molecule has 2 heterocycles. The number of carbonyl (C=O) groups excluding carboxylic acids is 4. The molecule has 4 N–H and O–H groups in total. The van der Waals surface area contributed by atoms with Gasteiger partial charge in [-0.15, -0.1) is 11.3 Å². The standard InChI is InChI=1S/C26H36N4O5S.CH2O2/c1-19-16-36-24(25(35)29(2)3)23(19)28-22(34)15-30(11-9-26(17-31,18-32)10-12-30)14-21(33)27-13-20-7-5-4-6-8-20;2-1-3/h4-8,16,31-32H,9-15,17-18H2,1-3H3,(H-,27,28,33,34,35);1H,(H,2,3).